The molecule has 23 heavy (non-hydrogen) atoms. The van der Waals surface area contributed by atoms with E-state index in [4.69, 9.17) is 9.47 Å². The van der Waals surface area contributed by atoms with Crippen molar-refractivity contribution in [1.29, 1.82) is 0 Å². The highest BCUT2D eigenvalue weighted by Crippen LogP contribution is 2.30. The van der Waals surface area contributed by atoms with Gasteiger partial charge in [0.25, 0.3) is 0 Å². The van der Waals surface area contributed by atoms with Crippen LogP contribution in [0, 0.1) is 6.92 Å². The summed E-state index contributed by atoms with van der Waals surface area (Å²) in [6, 6.07) is 11.6. The average molecular weight is 332 g/mol. The van der Waals surface area contributed by atoms with Gasteiger partial charge in [-0.25, -0.2) is 4.79 Å². The normalized spacial score (nSPS) is 16.0. The first-order valence-electron chi connectivity index (χ1n) is 7.54. The first kappa shape index (κ1) is 15.7. The largest absolute Gasteiger partial charge is 0.486 e. The van der Waals surface area contributed by atoms with Crippen molar-refractivity contribution in [3.8, 4) is 11.5 Å². The van der Waals surface area contributed by atoms with Crippen molar-refractivity contribution >= 4 is 17.4 Å². The van der Waals surface area contributed by atoms with Gasteiger partial charge in [0, 0.05) is 16.8 Å². The minimum atomic E-state index is -0.162. The Morgan fingerprint density at radius 1 is 1.30 bits per heavy atom. The molecule has 6 heteroatoms. The maximum Gasteiger partial charge on any atom is 0.317 e. The van der Waals surface area contributed by atoms with E-state index >= 15 is 0 Å². The van der Waals surface area contributed by atoms with Crippen molar-refractivity contribution in [2.75, 3.05) is 20.2 Å². The number of nitrogens with zero attached hydrogens (tertiary/aromatic N) is 1. The van der Waals surface area contributed by atoms with Gasteiger partial charge in [0.1, 0.15) is 6.61 Å². The fourth-order valence-electron chi connectivity index (χ4n) is 2.42. The molecule has 0 spiro atoms. The van der Waals surface area contributed by atoms with Crippen LogP contribution in [0.25, 0.3) is 0 Å². The Hall–Kier alpha value is -2.21. The van der Waals surface area contributed by atoms with Gasteiger partial charge in [0.15, 0.2) is 17.6 Å². The first-order chi connectivity index (χ1) is 11.1. The molecular weight excluding hydrogens is 312 g/mol. The van der Waals surface area contributed by atoms with E-state index in [2.05, 4.69) is 18.3 Å². The molecule has 1 unspecified atom stereocenters. The fourth-order valence-corrected chi connectivity index (χ4v) is 3.25. The van der Waals surface area contributed by atoms with Crippen LogP contribution in [0.3, 0.4) is 0 Å². The van der Waals surface area contributed by atoms with E-state index in [-0.39, 0.29) is 12.1 Å². The zero-order chi connectivity index (χ0) is 16.2. The van der Waals surface area contributed by atoms with Gasteiger partial charge in [-0.3, -0.25) is 0 Å². The van der Waals surface area contributed by atoms with Gasteiger partial charge in [0.05, 0.1) is 13.1 Å². The van der Waals surface area contributed by atoms with E-state index in [1.165, 1.54) is 4.88 Å². The summed E-state index contributed by atoms with van der Waals surface area (Å²) in [4.78, 5) is 16.2. The first-order valence-corrected chi connectivity index (χ1v) is 8.36. The number of benzene rings is 1. The predicted octanol–water partition coefficient (Wildman–Crippen LogP) is 3.04. The molecule has 122 valence electrons. The van der Waals surface area contributed by atoms with Crippen molar-refractivity contribution in [2.45, 2.75) is 19.6 Å². The third-order valence-corrected chi connectivity index (χ3v) is 4.60. The Kier molecular flexibility index (Phi) is 4.71. The maximum atomic E-state index is 12.2. The molecule has 1 aliphatic rings. The lowest BCUT2D eigenvalue weighted by Crippen LogP contribution is -2.45. The number of urea groups is 1. The molecule has 2 amide bonds. The van der Waals surface area contributed by atoms with E-state index in [1.54, 1.807) is 23.3 Å². The summed E-state index contributed by atoms with van der Waals surface area (Å²) in [5.41, 5.74) is 0. The van der Waals surface area contributed by atoms with Crippen molar-refractivity contribution < 1.29 is 14.3 Å². The van der Waals surface area contributed by atoms with Crippen LogP contribution >= 0.6 is 11.3 Å². The number of rotatable bonds is 4. The molecule has 0 bridgehead atoms. The molecule has 1 aromatic carbocycles. The molecular formula is C17H20N2O3S. The standard InChI is InChI=1S/C17H20N2O3S/c1-12-7-8-14(23-12)9-18-17(20)19(2)10-13-11-21-15-5-3-4-6-16(15)22-13/h3-8,13H,9-11H2,1-2H3,(H,18,20). The number of amides is 2. The van der Waals surface area contributed by atoms with Crippen LogP contribution in [0.2, 0.25) is 0 Å². The highest BCUT2D eigenvalue weighted by molar-refractivity contribution is 7.11. The number of nitrogens with one attached hydrogen (secondary N) is 1. The van der Waals surface area contributed by atoms with E-state index < -0.39 is 0 Å². The minimum absolute atomic E-state index is 0.112. The Bertz CT molecular complexity index is 686. The fraction of sp³-hybridized carbons (Fsp3) is 0.353. The Labute approximate surface area is 139 Å². The van der Waals surface area contributed by atoms with Gasteiger partial charge < -0.3 is 19.7 Å². The summed E-state index contributed by atoms with van der Waals surface area (Å²) in [5.74, 6) is 1.48. The molecule has 2 aromatic rings. The van der Waals surface area contributed by atoms with Gasteiger partial charge >= 0.3 is 6.03 Å². The summed E-state index contributed by atoms with van der Waals surface area (Å²) in [6.07, 6.45) is -0.162. The van der Waals surface area contributed by atoms with Gasteiger partial charge in [-0.05, 0) is 31.2 Å². The number of thiophene rings is 1. The number of likely N-dealkylation sites (N-methyl/N-ethyl adjacent to an activating group) is 1. The number of carbonyl (C=O) groups excluding carboxylic acids is 1. The third kappa shape index (κ3) is 3.96. The summed E-state index contributed by atoms with van der Waals surface area (Å²) in [7, 11) is 1.76. The molecule has 1 N–H and O–H groups in total. The SMILES string of the molecule is Cc1ccc(CNC(=O)N(C)CC2COc3ccccc3O2)s1. The Morgan fingerprint density at radius 2 is 2.09 bits per heavy atom. The predicted molar refractivity (Wildman–Crippen MR) is 90.3 cm³/mol. The van der Waals surface area contributed by atoms with Crippen LogP contribution < -0.4 is 14.8 Å². The number of para-hydroxylation sites is 2. The second-order valence-electron chi connectivity index (χ2n) is 5.55. The molecule has 0 saturated heterocycles. The van der Waals surface area contributed by atoms with Crippen molar-refractivity contribution in [2.24, 2.45) is 0 Å². The summed E-state index contributed by atoms with van der Waals surface area (Å²) in [6.45, 7) is 3.52. The molecule has 1 aromatic heterocycles. The maximum absolute atomic E-state index is 12.2. The lowest BCUT2D eigenvalue weighted by atomic mass is 10.2. The van der Waals surface area contributed by atoms with Crippen molar-refractivity contribution in [3.63, 3.8) is 0 Å². The van der Waals surface area contributed by atoms with E-state index in [1.807, 2.05) is 30.3 Å². The molecule has 0 radical (unpaired) electrons. The lowest BCUT2D eigenvalue weighted by Gasteiger charge is -2.29. The number of aryl methyl sites for hydroxylation is 1. The minimum Gasteiger partial charge on any atom is -0.486 e. The molecule has 5 nitrogen and oxygen atoms in total. The Balaban J connectivity index is 1.49. The second kappa shape index (κ2) is 6.91. The molecule has 0 fully saturated rings. The molecule has 3 rings (SSSR count). The number of fused-ring (bicyclic) bond motifs is 1. The van der Waals surface area contributed by atoms with Crippen LogP contribution in [0.4, 0.5) is 4.79 Å². The number of hydrogen-bond acceptors (Lipinski definition) is 4. The van der Waals surface area contributed by atoms with Crippen LogP contribution in [-0.4, -0.2) is 37.2 Å². The highest BCUT2D eigenvalue weighted by atomic mass is 32.1. The zero-order valence-corrected chi connectivity index (χ0v) is 14.1. The third-order valence-electron chi connectivity index (χ3n) is 3.60. The number of carbonyl (C=O) groups is 1. The summed E-state index contributed by atoms with van der Waals surface area (Å²) < 4.78 is 11.5. The van der Waals surface area contributed by atoms with Crippen molar-refractivity contribution in [3.05, 3.63) is 46.2 Å². The second-order valence-corrected chi connectivity index (χ2v) is 6.92. The molecule has 1 aliphatic heterocycles. The number of hydrogen-bond donors (Lipinski definition) is 1. The molecule has 0 saturated carbocycles. The highest BCUT2D eigenvalue weighted by Gasteiger charge is 2.23. The topological polar surface area (TPSA) is 50.8 Å². The van der Waals surface area contributed by atoms with E-state index in [9.17, 15) is 4.79 Å². The number of ether oxygens (including phenoxy) is 2. The van der Waals surface area contributed by atoms with Gasteiger partial charge in [-0.1, -0.05) is 12.1 Å². The van der Waals surface area contributed by atoms with Crippen LogP contribution in [0.5, 0.6) is 11.5 Å². The summed E-state index contributed by atoms with van der Waals surface area (Å²) in [5, 5.41) is 2.92. The monoisotopic (exact) mass is 332 g/mol. The van der Waals surface area contributed by atoms with Gasteiger partial charge in [-0.15, -0.1) is 11.3 Å². The smallest absolute Gasteiger partial charge is 0.317 e. The quantitative estimate of drug-likeness (QED) is 0.936. The van der Waals surface area contributed by atoms with Gasteiger partial charge in [0.2, 0.25) is 0 Å². The molecule has 0 aliphatic carbocycles. The van der Waals surface area contributed by atoms with Crippen LogP contribution in [0.1, 0.15) is 9.75 Å². The van der Waals surface area contributed by atoms with Gasteiger partial charge in [-0.2, -0.15) is 0 Å². The van der Waals surface area contributed by atoms with E-state index in [0.29, 0.717) is 19.7 Å². The average Bonchev–Trinajstić information content (AvgIpc) is 2.98. The zero-order valence-electron chi connectivity index (χ0n) is 13.2. The summed E-state index contributed by atoms with van der Waals surface area (Å²) >= 11 is 1.69. The van der Waals surface area contributed by atoms with Crippen molar-refractivity contribution in [1.82, 2.24) is 10.2 Å². The Morgan fingerprint density at radius 3 is 2.83 bits per heavy atom. The van der Waals surface area contributed by atoms with Crippen LogP contribution in [0.15, 0.2) is 36.4 Å². The lowest BCUT2D eigenvalue weighted by molar-refractivity contribution is 0.0715. The molecule has 2 heterocycles. The van der Waals surface area contributed by atoms with Crippen LogP contribution in [-0.2, 0) is 6.54 Å². The molecule has 1 atom stereocenters. The van der Waals surface area contributed by atoms with E-state index in [0.717, 1.165) is 16.4 Å².